The lowest BCUT2D eigenvalue weighted by atomic mass is 9.86. The number of carbonyl (C=O) groups excluding carboxylic acids is 2. The number of nitrogens with one attached hydrogen (secondary N) is 1. The molecule has 1 aromatic rings. The van der Waals surface area contributed by atoms with Crippen molar-refractivity contribution >= 4 is 23.2 Å². The number of rotatable bonds is 4. The van der Waals surface area contributed by atoms with E-state index in [1.807, 2.05) is 13.0 Å². The minimum Gasteiger partial charge on any atom is -0.448 e. The molecule has 1 aliphatic carbocycles. The standard InChI is InChI=1S/C16H23NO3S/c1-10-6-4-5-7-13(10)17-15(18)12(3)20-16(19)14-9-8-11(2)21-14/h8-10,12-13H,4-7H2,1-3H3,(H,17,18)/t10-,12-,13+/m0/s1. The Morgan fingerprint density at radius 3 is 2.67 bits per heavy atom. The summed E-state index contributed by atoms with van der Waals surface area (Å²) in [7, 11) is 0. The second-order valence-electron chi connectivity index (χ2n) is 5.83. The van der Waals surface area contributed by atoms with Crippen LogP contribution in [-0.4, -0.2) is 24.0 Å². The molecular weight excluding hydrogens is 286 g/mol. The van der Waals surface area contributed by atoms with Gasteiger partial charge in [-0.1, -0.05) is 19.8 Å². The van der Waals surface area contributed by atoms with Crippen molar-refractivity contribution in [2.24, 2.45) is 5.92 Å². The molecule has 1 amide bonds. The molecule has 1 aliphatic rings. The van der Waals surface area contributed by atoms with E-state index in [9.17, 15) is 9.59 Å². The highest BCUT2D eigenvalue weighted by Gasteiger charge is 2.26. The Bertz CT molecular complexity index is 511. The highest BCUT2D eigenvalue weighted by Crippen LogP contribution is 2.24. The molecule has 0 aliphatic heterocycles. The van der Waals surface area contributed by atoms with E-state index >= 15 is 0 Å². The molecule has 2 rings (SSSR count). The first-order chi connectivity index (χ1) is 9.97. The molecule has 0 radical (unpaired) electrons. The summed E-state index contributed by atoms with van der Waals surface area (Å²) in [6, 6.07) is 3.81. The van der Waals surface area contributed by atoms with Gasteiger partial charge in [-0.2, -0.15) is 0 Å². The van der Waals surface area contributed by atoms with E-state index < -0.39 is 12.1 Å². The zero-order valence-electron chi connectivity index (χ0n) is 12.8. The Kier molecular flexibility index (Phi) is 5.39. The first-order valence-corrected chi connectivity index (χ1v) is 8.37. The Morgan fingerprint density at radius 2 is 2.05 bits per heavy atom. The van der Waals surface area contributed by atoms with Crippen LogP contribution in [0.5, 0.6) is 0 Å². The van der Waals surface area contributed by atoms with Gasteiger partial charge in [-0.3, -0.25) is 4.79 Å². The van der Waals surface area contributed by atoms with E-state index in [-0.39, 0.29) is 11.9 Å². The summed E-state index contributed by atoms with van der Waals surface area (Å²) in [4.78, 5) is 25.7. The molecule has 116 valence electrons. The lowest BCUT2D eigenvalue weighted by molar-refractivity contribution is -0.130. The molecule has 1 aromatic heterocycles. The maximum atomic E-state index is 12.1. The number of carbonyl (C=O) groups is 2. The Labute approximate surface area is 129 Å². The number of esters is 1. The van der Waals surface area contributed by atoms with Gasteiger partial charge >= 0.3 is 5.97 Å². The van der Waals surface area contributed by atoms with Crippen LogP contribution in [0.4, 0.5) is 0 Å². The van der Waals surface area contributed by atoms with Crippen molar-refractivity contribution in [3.05, 3.63) is 21.9 Å². The molecule has 0 bridgehead atoms. The maximum absolute atomic E-state index is 12.1. The SMILES string of the molecule is Cc1ccc(C(=O)O[C@@H](C)C(=O)N[C@@H]2CCCC[C@@H]2C)s1. The topological polar surface area (TPSA) is 55.4 Å². The first kappa shape index (κ1) is 16.0. The lowest BCUT2D eigenvalue weighted by Gasteiger charge is -2.30. The quantitative estimate of drug-likeness (QED) is 0.868. The van der Waals surface area contributed by atoms with Gasteiger partial charge < -0.3 is 10.1 Å². The maximum Gasteiger partial charge on any atom is 0.349 e. The number of hydrogen-bond acceptors (Lipinski definition) is 4. The molecule has 21 heavy (non-hydrogen) atoms. The molecule has 1 N–H and O–H groups in total. The molecule has 0 unspecified atom stereocenters. The smallest absolute Gasteiger partial charge is 0.349 e. The molecule has 3 atom stereocenters. The van der Waals surface area contributed by atoms with Crippen LogP contribution in [0.1, 0.15) is 54.1 Å². The van der Waals surface area contributed by atoms with Crippen molar-refractivity contribution in [3.8, 4) is 0 Å². The normalized spacial score (nSPS) is 23.4. The van der Waals surface area contributed by atoms with Crippen molar-refractivity contribution < 1.29 is 14.3 Å². The first-order valence-electron chi connectivity index (χ1n) is 7.55. The van der Waals surface area contributed by atoms with Crippen molar-refractivity contribution in [3.63, 3.8) is 0 Å². The minimum atomic E-state index is -0.756. The monoisotopic (exact) mass is 309 g/mol. The van der Waals surface area contributed by atoms with Gasteiger partial charge in [-0.05, 0) is 44.7 Å². The third-order valence-electron chi connectivity index (χ3n) is 4.03. The van der Waals surface area contributed by atoms with E-state index in [1.165, 1.54) is 17.8 Å². The van der Waals surface area contributed by atoms with Crippen LogP contribution in [-0.2, 0) is 9.53 Å². The second kappa shape index (κ2) is 7.07. The zero-order valence-corrected chi connectivity index (χ0v) is 13.7. The molecule has 4 nitrogen and oxygen atoms in total. The molecule has 0 spiro atoms. The minimum absolute atomic E-state index is 0.199. The van der Waals surface area contributed by atoms with Gasteiger partial charge in [0.25, 0.3) is 5.91 Å². The summed E-state index contributed by atoms with van der Waals surface area (Å²) in [6.07, 6.45) is 3.79. The zero-order chi connectivity index (χ0) is 15.4. The van der Waals surface area contributed by atoms with Crippen LogP contribution >= 0.6 is 11.3 Å². The lowest BCUT2D eigenvalue weighted by Crippen LogP contribution is -2.45. The highest BCUT2D eigenvalue weighted by molar-refractivity contribution is 7.13. The van der Waals surface area contributed by atoms with E-state index in [0.717, 1.165) is 24.1 Å². The Hall–Kier alpha value is -1.36. The number of hydrogen-bond donors (Lipinski definition) is 1. The molecule has 0 aromatic carbocycles. The summed E-state index contributed by atoms with van der Waals surface area (Å²) in [5.74, 6) is -0.131. The van der Waals surface area contributed by atoms with E-state index in [0.29, 0.717) is 10.8 Å². The molecule has 1 heterocycles. The van der Waals surface area contributed by atoms with Gasteiger partial charge in [0.2, 0.25) is 0 Å². The Balaban J connectivity index is 1.86. The number of amides is 1. The predicted molar refractivity (Wildman–Crippen MR) is 83.5 cm³/mol. The van der Waals surface area contributed by atoms with Crippen LogP contribution in [0, 0.1) is 12.8 Å². The Morgan fingerprint density at radius 1 is 1.33 bits per heavy atom. The summed E-state index contributed by atoms with van der Waals surface area (Å²) >= 11 is 1.38. The number of ether oxygens (including phenoxy) is 1. The predicted octanol–water partition coefficient (Wildman–Crippen LogP) is 3.30. The fourth-order valence-electron chi connectivity index (χ4n) is 2.65. The van der Waals surface area contributed by atoms with Gasteiger partial charge in [0, 0.05) is 10.9 Å². The summed E-state index contributed by atoms with van der Waals surface area (Å²) < 4.78 is 5.25. The third kappa shape index (κ3) is 4.30. The van der Waals surface area contributed by atoms with Crippen molar-refractivity contribution in [1.29, 1.82) is 0 Å². The van der Waals surface area contributed by atoms with Gasteiger partial charge in [0.15, 0.2) is 6.10 Å². The molecule has 1 fully saturated rings. The summed E-state index contributed by atoms with van der Waals surface area (Å²) in [6.45, 7) is 5.72. The van der Waals surface area contributed by atoms with Gasteiger partial charge in [0.1, 0.15) is 4.88 Å². The van der Waals surface area contributed by atoms with Gasteiger partial charge in [0.05, 0.1) is 0 Å². The molecule has 5 heteroatoms. The van der Waals surface area contributed by atoms with Crippen LogP contribution in [0.2, 0.25) is 0 Å². The van der Waals surface area contributed by atoms with Crippen LogP contribution < -0.4 is 5.32 Å². The van der Waals surface area contributed by atoms with Crippen LogP contribution in [0.15, 0.2) is 12.1 Å². The van der Waals surface area contributed by atoms with Crippen LogP contribution in [0.3, 0.4) is 0 Å². The van der Waals surface area contributed by atoms with Crippen molar-refractivity contribution in [2.75, 3.05) is 0 Å². The van der Waals surface area contributed by atoms with Gasteiger partial charge in [-0.15, -0.1) is 11.3 Å². The van der Waals surface area contributed by atoms with E-state index in [4.69, 9.17) is 4.74 Å². The molecule has 0 saturated heterocycles. The average molecular weight is 309 g/mol. The van der Waals surface area contributed by atoms with Crippen LogP contribution in [0.25, 0.3) is 0 Å². The average Bonchev–Trinajstić information content (AvgIpc) is 2.88. The summed E-state index contributed by atoms with van der Waals surface area (Å²) in [5.41, 5.74) is 0. The fourth-order valence-corrected chi connectivity index (χ4v) is 3.40. The largest absolute Gasteiger partial charge is 0.448 e. The highest BCUT2D eigenvalue weighted by atomic mass is 32.1. The second-order valence-corrected chi connectivity index (χ2v) is 7.12. The molecule has 1 saturated carbocycles. The molecular formula is C16H23NO3S. The fraction of sp³-hybridized carbons (Fsp3) is 0.625. The van der Waals surface area contributed by atoms with Crippen molar-refractivity contribution in [1.82, 2.24) is 5.32 Å². The van der Waals surface area contributed by atoms with E-state index in [1.54, 1.807) is 13.0 Å². The third-order valence-corrected chi connectivity index (χ3v) is 5.01. The number of aryl methyl sites for hydroxylation is 1. The number of thiophene rings is 1. The van der Waals surface area contributed by atoms with E-state index in [2.05, 4.69) is 12.2 Å². The summed E-state index contributed by atoms with van der Waals surface area (Å²) in [5, 5.41) is 3.02. The van der Waals surface area contributed by atoms with Gasteiger partial charge in [-0.25, -0.2) is 4.79 Å². The van der Waals surface area contributed by atoms with Crippen molar-refractivity contribution in [2.45, 2.75) is 58.6 Å².